The van der Waals surface area contributed by atoms with E-state index in [1.54, 1.807) is 4.90 Å². The zero-order valence-corrected chi connectivity index (χ0v) is 12.8. The van der Waals surface area contributed by atoms with Crippen molar-refractivity contribution < 1.29 is 19.1 Å². The number of ether oxygens (including phenoxy) is 2. The second kappa shape index (κ2) is 5.68. The largest absolute Gasteiger partial charge is 0.444 e. The van der Waals surface area contributed by atoms with Crippen LogP contribution in [0.2, 0.25) is 0 Å². The number of fused-ring (bicyclic) bond motifs is 2. The van der Waals surface area contributed by atoms with Crippen molar-refractivity contribution in [2.45, 2.75) is 63.8 Å². The first-order valence-electron chi connectivity index (χ1n) is 6.82. The number of alkyl carbamates (subject to hydrolysis) is 1. The number of alkyl halides is 1. The SMILES string of the molecule is CC(C)(C)OC(=O)N[C@H]1C[C@@H]2CC[C@H]1N2C(=O)OCCl. The molecule has 2 heterocycles. The molecule has 114 valence electrons. The molecule has 0 unspecified atom stereocenters. The van der Waals surface area contributed by atoms with E-state index in [-0.39, 0.29) is 24.2 Å². The highest BCUT2D eigenvalue weighted by Crippen LogP contribution is 2.38. The predicted octanol–water partition coefficient (Wildman–Crippen LogP) is 2.45. The minimum Gasteiger partial charge on any atom is -0.444 e. The molecular formula is C13H21ClN2O4. The third kappa shape index (κ3) is 3.29. The van der Waals surface area contributed by atoms with Crippen molar-refractivity contribution in [3.8, 4) is 0 Å². The van der Waals surface area contributed by atoms with Gasteiger partial charge in [-0.2, -0.15) is 0 Å². The van der Waals surface area contributed by atoms with Crippen molar-refractivity contribution in [3.05, 3.63) is 0 Å². The Kier molecular flexibility index (Phi) is 4.32. The van der Waals surface area contributed by atoms with Gasteiger partial charge in [0.05, 0.1) is 12.1 Å². The number of nitrogens with one attached hydrogen (secondary N) is 1. The molecule has 0 radical (unpaired) electrons. The zero-order valence-electron chi connectivity index (χ0n) is 12.0. The molecule has 0 saturated carbocycles. The first kappa shape index (κ1) is 15.2. The molecule has 2 rings (SSSR count). The van der Waals surface area contributed by atoms with Gasteiger partial charge in [-0.1, -0.05) is 11.6 Å². The molecule has 2 bridgehead atoms. The van der Waals surface area contributed by atoms with Gasteiger partial charge in [-0.05, 0) is 40.0 Å². The van der Waals surface area contributed by atoms with E-state index >= 15 is 0 Å². The molecule has 3 atom stereocenters. The summed E-state index contributed by atoms with van der Waals surface area (Å²) in [6.45, 7) is 5.45. The molecule has 6 nitrogen and oxygen atoms in total. The van der Waals surface area contributed by atoms with E-state index in [1.807, 2.05) is 20.8 Å². The maximum Gasteiger partial charge on any atom is 0.411 e. The number of hydrogen-bond donors (Lipinski definition) is 1. The number of carbonyl (C=O) groups excluding carboxylic acids is 2. The molecule has 2 aliphatic heterocycles. The second-order valence-corrected chi connectivity index (χ2v) is 6.43. The Hall–Kier alpha value is -1.17. The van der Waals surface area contributed by atoms with Gasteiger partial charge < -0.3 is 19.7 Å². The summed E-state index contributed by atoms with van der Waals surface area (Å²) in [5, 5.41) is 2.85. The van der Waals surface area contributed by atoms with Gasteiger partial charge in [0, 0.05) is 6.04 Å². The number of hydrogen-bond acceptors (Lipinski definition) is 4. The van der Waals surface area contributed by atoms with Gasteiger partial charge in [-0.25, -0.2) is 9.59 Å². The molecule has 7 heteroatoms. The van der Waals surface area contributed by atoms with Gasteiger partial charge in [0.2, 0.25) is 0 Å². The Labute approximate surface area is 123 Å². The van der Waals surface area contributed by atoms with E-state index in [9.17, 15) is 9.59 Å². The molecule has 2 amide bonds. The van der Waals surface area contributed by atoms with Crippen LogP contribution in [0, 0.1) is 0 Å². The van der Waals surface area contributed by atoms with Crippen molar-refractivity contribution in [1.82, 2.24) is 10.2 Å². The summed E-state index contributed by atoms with van der Waals surface area (Å²) in [5.74, 6) is 0. The van der Waals surface area contributed by atoms with Crippen molar-refractivity contribution in [2.24, 2.45) is 0 Å². The number of halogens is 1. The third-order valence-electron chi connectivity index (χ3n) is 3.63. The Morgan fingerprint density at radius 2 is 2.05 bits per heavy atom. The molecule has 0 aromatic carbocycles. The van der Waals surface area contributed by atoms with Gasteiger partial charge in [0.1, 0.15) is 5.60 Å². The number of rotatable bonds is 2. The molecule has 0 aromatic rings. The minimum atomic E-state index is -0.529. The molecule has 0 spiro atoms. The molecule has 1 N–H and O–H groups in total. The molecule has 2 saturated heterocycles. The van der Waals surface area contributed by atoms with E-state index in [0.717, 1.165) is 19.3 Å². The lowest BCUT2D eigenvalue weighted by atomic mass is 9.96. The molecule has 2 fully saturated rings. The summed E-state index contributed by atoms with van der Waals surface area (Å²) >= 11 is 5.42. The van der Waals surface area contributed by atoms with E-state index in [1.165, 1.54) is 0 Å². The second-order valence-electron chi connectivity index (χ2n) is 6.21. The minimum absolute atomic E-state index is 0.0248. The molecule has 0 aliphatic carbocycles. The maximum absolute atomic E-state index is 11.8. The first-order chi connectivity index (χ1) is 9.31. The van der Waals surface area contributed by atoms with Crippen molar-refractivity contribution >= 4 is 23.8 Å². The Bertz CT molecular complexity index is 396. The zero-order chi connectivity index (χ0) is 14.9. The number of nitrogens with zero attached hydrogens (tertiary/aromatic N) is 1. The Morgan fingerprint density at radius 3 is 2.65 bits per heavy atom. The number of amides is 2. The standard InChI is InChI=1S/C13H21ClN2O4/c1-13(2,3)20-11(17)15-9-6-8-4-5-10(9)16(8)12(18)19-7-14/h8-10H,4-7H2,1-3H3,(H,15,17)/t8-,9-,10+/m0/s1. The van der Waals surface area contributed by atoms with Crippen molar-refractivity contribution in [1.29, 1.82) is 0 Å². The van der Waals surface area contributed by atoms with Crippen LogP contribution in [0.4, 0.5) is 9.59 Å². The summed E-state index contributed by atoms with van der Waals surface area (Å²) < 4.78 is 10.1. The van der Waals surface area contributed by atoms with Crippen LogP contribution in [-0.4, -0.2) is 46.9 Å². The van der Waals surface area contributed by atoms with Crippen LogP contribution in [0.1, 0.15) is 40.0 Å². The van der Waals surface area contributed by atoms with Crippen LogP contribution in [0.3, 0.4) is 0 Å². The summed E-state index contributed by atoms with van der Waals surface area (Å²) in [5.41, 5.74) is -0.529. The maximum atomic E-state index is 11.8. The summed E-state index contributed by atoms with van der Waals surface area (Å²) in [4.78, 5) is 25.3. The van der Waals surface area contributed by atoms with Crippen LogP contribution in [0.15, 0.2) is 0 Å². The summed E-state index contributed by atoms with van der Waals surface area (Å²) in [6, 6.07) is -0.135. The van der Waals surface area contributed by atoms with E-state index < -0.39 is 17.8 Å². The van der Waals surface area contributed by atoms with Gasteiger partial charge in [0.15, 0.2) is 6.07 Å². The van der Waals surface area contributed by atoms with E-state index in [2.05, 4.69) is 5.32 Å². The van der Waals surface area contributed by atoms with Crippen LogP contribution in [-0.2, 0) is 9.47 Å². The topological polar surface area (TPSA) is 67.9 Å². The fourth-order valence-electron chi connectivity index (χ4n) is 3.01. The normalized spacial score (nSPS) is 28.4. The quantitative estimate of drug-likeness (QED) is 0.796. The number of carbonyl (C=O) groups is 2. The molecule has 20 heavy (non-hydrogen) atoms. The highest BCUT2D eigenvalue weighted by atomic mass is 35.5. The molecular weight excluding hydrogens is 284 g/mol. The van der Waals surface area contributed by atoms with Crippen LogP contribution in [0.5, 0.6) is 0 Å². The highest BCUT2D eigenvalue weighted by molar-refractivity contribution is 6.17. The van der Waals surface area contributed by atoms with Gasteiger partial charge in [-0.3, -0.25) is 0 Å². The molecule has 2 aliphatic rings. The van der Waals surface area contributed by atoms with E-state index in [0.29, 0.717) is 0 Å². The van der Waals surface area contributed by atoms with Gasteiger partial charge in [-0.15, -0.1) is 0 Å². The Balaban J connectivity index is 1.93. The summed E-state index contributed by atoms with van der Waals surface area (Å²) in [6.07, 6.45) is 1.69. The highest BCUT2D eigenvalue weighted by Gasteiger charge is 2.50. The van der Waals surface area contributed by atoms with Crippen LogP contribution < -0.4 is 5.32 Å². The van der Waals surface area contributed by atoms with Crippen LogP contribution >= 0.6 is 11.6 Å². The Morgan fingerprint density at radius 1 is 1.35 bits per heavy atom. The third-order valence-corrected chi connectivity index (χ3v) is 3.74. The fraction of sp³-hybridized carbons (Fsp3) is 0.846. The smallest absolute Gasteiger partial charge is 0.411 e. The average Bonchev–Trinajstić information content (AvgIpc) is 2.83. The van der Waals surface area contributed by atoms with Crippen molar-refractivity contribution in [2.75, 3.05) is 6.07 Å². The monoisotopic (exact) mass is 304 g/mol. The average molecular weight is 305 g/mol. The first-order valence-corrected chi connectivity index (χ1v) is 7.36. The van der Waals surface area contributed by atoms with Crippen molar-refractivity contribution in [3.63, 3.8) is 0 Å². The lowest BCUT2D eigenvalue weighted by molar-refractivity contribution is 0.0488. The molecule has 0 aromatic heterocycles. The lowest BCUT2D eigenvalue weighted by Crippen LogP contribution is -2.46. The van der Waals surface area contributed by atoms with Gasteiger partial charge in [0.25, 0.3) is 0 Å². The van der Waals surface area contributed by atoms with E-state index in [4.69, 9.17) is 21.1 Å². The lowest BCUT2D eigenvalue weighted by Gasteiger charge is -2.26. The van der Waals surface area contributed by atoms with Crippen LogP contribution in [0.25, 0.3) is 0 Å². The fourth-order valence-corrected chi connectivity index (χ4v) is 3.10. The predicted molar refractivity (Wildman–Crippen MR) is 73.6 cm³/mol. The van der Waals surface area contributed by atoms with Gasteiger partial charge >= 0.3 is 12.2 Å². The summed E-state index contributed by atoms with van der Waals surface area (Å²) in [7, 11) is 0.